The first-order chi connectivity index (χ1) is 7.27. The molecule has 86 valence electrons. The number of rotatable bonds is 7. The van der Waals surface area contributed by atoms with Gasteiger partial charge in [-0.15, -0.1) is 0 Å². The van der Waals surface area contributed by atoms with Gasteiger partial charge in [0.2, 0.25) is 0 Å². The molecule has 15 heavy (non-hydrogen) atoms. The molecule has 1 atom stereocenters. The minimum absolute atomic E-state index is 0.439. The standard InChI is InChI=1S/C11H21N3O/c1-4-5-11(8-15-3)12-6-10-7-13-14-9(10)2/h7,11-12H,4-6,8H2,1-3H3,(H,13,14). The monoisotopic (exact) mass is 211 g/mol. The molecule has 0 spiro atoms. The van der Waals surface area contributed by atoms with Gasteiger partial charge in [-0.05, 0) is 13.3 Å². The van der Waals surface area contributed by atoms with Gasteiger partial charge in [0.25, 0.3) is 0 Å². The smallest absolute Gasteiger partial charge is 0.0615 e. The number of ether oxygens (including phenoxy) is 1. The van der Waals surface area contributed by atoms with Crippen molar-refractivity contribution in [3.05, 3.63) is 17.5 Å². The molecule has 0 aliphatic heterocycles. The third-order valence-electron chi connectivity index (χ3n) is 2.52. The zero-order chi connectivity index (χ0) is 11.1. The zero-order valence-corrected chi connectivity index (χ0v) is 9.84. The molecule has 1 unspecified atom stereocenters. The summed E-state index contributed by atoms with van der Waals surface area (Å²) in [5, 5.41) is 10.4. The fourth-order valence-electron chi connectivity index (χ4n) is 1.60. The molecule has 0 radical (unpaired) electrons. The van der Waals surface area contributed by atoms with E-state index in [1.807, 2.05) is 13.1 Å². The van der Waals surface area contributed by atoms with E-state index < -0.39 is 0 Å². The van der Waals surface area contributed by atoms with Crippen molar-refractivity contribution in [1.82, 2.24) is 15.5 Å². The van der Waals surface area contributed by atoms with Crippen LogP contribution in [0, 0.1) is 6.92 Å². The first-order valence-electron chi connectivity index (χ1n) is 5.49. The van der Waals surface area contributed by atoms with Gasteiger partial charge in [0, 0.05) is 31.0 Å². The molecule has 0 bridgehead atoms. The first-order valence-corrected chi connectivity index (χ1v) is 5.49. The van der Waals surface area contributed by atoms with Gasteiger partial charge >= 0.3 is 0 Å². The fourth-order valence-corrected chi connectivity index (χ4v) is 1.60. The van der Waals surface area contributed by atoms with Crippen LogP contribution in [0.3, 0.4) is 0 Å². The van der Waals surface area contributed by atoms with Crippen LogP contribution in [0.1, 0.15) is 31.0 Å². The van der Waals surface area contributed by atoms with Gasteiger partial charge in [-0.3, -0.25) is 5.10 Å². The summed E-state index contributed by atoms with van der Waals surface area (Å²) in [6.07, 6.45) is 4.19. The fraction of sp³-hybridized carbons (Fsp3) is 0.727. The minimum Gasteiger partial charge on any atom is -0.383 e. The van der Waals surface area contributed by atoms with Crippen LogP contribution in [0.4, 0.5) is 0 Å². The second-order valence-electron chi connectivity index (χ2n) is 3.84. The molecular formula is C11H21N3O. The number of hydrogen-bond acceptors (Lipinski definition) is 3. The normalized spacial score (nSPS) is 13.0. The van der Waals surface area contributed by atoms with Crippen LogP contribution in [0.2, 0.25) is 0 Å². The molecule has 4 heteroatoms. The van der Waals surface area contributed by atoms with Gasteiger partial charge < -0.3 is 10.1 Å². The Labute approximate surface area is 91.4 Å². The molecule has 0 aromatic carbocycles. The van der Waals surface area contributed by atoms with Gasteiger partial charge in [0.05, 0.1) is 12.8 Å². The number of aryl methyl sites for hydroxylation is 1. The number of H-pyrrole nitrogens is 1. The van der Waals surface area contributed by atoms with E-state index in [2.05, 4.69) is 22.4 Å². The second-order valence-corrected chi connectivity index (χ2v) is 3.84. The summed E-state index contributed by atoms with van der Waals surface area (Å²) < 4.78 is 5.17. The molecule has 1 aromatic rings. The molecule has 0 aliphatic carbocycles. The molecule has 0 saturated carbocycles. The highest BCUT2D eigenvalue weighted by Crippen LogP contribution is 2.04. The largest absolute Gasteiger partial charge is 0.383 e. The van der Waals surface area contributed by atoms with Crippen molar-refractivity contribution in [2.45, 2.75) is 39.3 Å². The molecule has 2 N–H and O–H groups in total. The molecule has 0 saturated heterocycles. The lowest BCUT2D eigenvalue weighted by molar-refractivity contribution is 0.161. The van der Waals surface area contributed by atoms with Crippen LogP contribution < -0.4 is 5.32 Å². The Bertz CT molecular complexity index is 267. The minimum atomic E-state index is 0.439. The molecule has 4 nitrogen and oxygen atoms in total. The summed E-state index contributed by atoms with van der Waals surface area (Å²) in [6.45, 7) is 5.85. The number of nitrogens with zero attached hydrogens (tertiary/aromatic N) is 1. The predicted molar refractivity (Wildman–Crippen MR) is 60.7 cm³/mol. The van der Waals surface area contributed by atoms with E-state index >= 15 is 0 Å². The van der Waals surface area contributed by atoms with E-state index in [0.29, 0.717) is 6.04 Å². The van der Waals surface area contributed by atoms with E-state index in [1.165, 1.54) is 12.0 Å². The lowest BCUT2D eigenvalue weighted by Crippen LogP contribution is -2.32. The van der Waals surface area contributed by atoms with Crippen molar-refractivity contribution in [3.8, 4) is 0 Å². The molecule has 0 aliphatic rings. The van der Waals surface area contributed by atoms with Gasteiger partial charge in [-0.2, -0.15) is 5.10 Å². The maximum Gasteiger partial charge on any atom is 0.0615 e. The summed E-state index contributed by atoms with van der Waals surface area (Å²) in [6, 6.07) is 0.439. The van der Waals surface area contributed by atoms with Gasteiger partial charge in [0.1, 0.15) is 0 Å². The molecule has 1 rings (SSSR count). The summed E-state index contributed by atoms with van der Waals surface area (Å²) in [5.41, 5.74) is 2.36. The SMILES string of the molecule is CCCC(COC)NCc1cn[nH]c1C. The van der Waals surface area contributed by atoms with Crippen molar-refractivity contribution in [2.24, 2.45) is 0 Å². The summed E-state index contributed by atoms with van der Waals surface area (Å²) in [7, 11) is 1.74. The average molecular weight is 211 g/mol. The summed E-state index contributed by atoms with van der Waals surface area (Å²) in [5.74, 6) is 0. The van der Waals surface area contributed by atoms with E-state index in [0.717, 1.165) is 25.3 Å². The Balaban J connectivity index is 2.36. The molecule has 1 aromatic heterocycles. The Morgan fingerprint density at radius 2 is 2.40 bits per heavy atom. The average Bonchev–Trinajstić information content (AvgIpc) is 2.61. The van der Waals surface area contributed by atoms with Gasteiger partial charge in [-0.25, -0.2) is 0 Å². The van der Waals surface area contributed by atoms with Crippen LogP contribution >= 0.6 is 0 Å². The molecular weight excluding hydrogens is 190 g/mol. The highest BCUT2D eigenvalue weighted by atomic mass is 16.5. The van der Waals surface area contributed by atoms with Crippen LogP contribution in [0.5, 0.6) is 0 Å². The highest BCUT2D eigenvalue weighted by molar-refractivity contribution is 5.13. The lowest BCUT2D eigenvalue weighted by atomic mass is 10.1. The van der Waals surface area contributed by atoms with Gasteiger partial charge in [0.15, 0.2) is 0 Å². The summed E-state index contributed by atoms with van der Waals surface area (Å²) in [4.78, 5) is 0. The maximum atomic E-state index is 5.17. The third kappa shape index (κ3) is 4.01. The topological polar surface area (TPSA) is 49.9 Å². The van der Waals surface area contributed by atoms with Crippen molar-refractivity contribution in [3.63, 3.8) is 0 Å². The number of hydrogen-bond donors (Lipinski definition) is 2. The predicted octanol–water partition coefficient (Wildman–Crippen LogP) is 1.62. The number of nitrogens with one attached hydrogen (secondary N) is 2. The number of methoxy groups -OCH3 is 1. The molecule has 1 heterocycles. The first kappa shape index (κ1) is 12.2. The number of aromatic amines is 1. The number of aromatic nitrogens is 2. The van der Waals surface area contributed by atoms with Crippen molar-refractivity contribution < 1.29 is 4.74 Å². The second kappa shape index (κ2) is 6.58. The van der Waals surface area contributed by atoms with E-state index in [1.54, 1.807) is 7.11 Å². The van der Waals surface area contributed by atoms with Crippen LogP contribution in [-0.2, 0) is 11.3 Å². The van der Waals surface area contributed by atoms with Crippen LogP contribution in [-0.4, -0.2) is 30.0 Å². The van der Waals surface area contributed by atoms with Gasteiger partial charge in [-0.1, -0.05) is 13.3 Å². The summed E-state index contributed by atoms with van der Waals surface area (Å²) >= 11 is 0. The van der Waals surface area contributed by atoms with Crippen LogP contribution in [0.25, 0.3) is 0 Å². The Morgan fingerprint density at radius 3 is 2.93 bits per heavy atom. The van der Waals surface area contributed by atoms with Crippen molar-refractivity contribution >= 4 is 0 Å². The lowest BCUT2D eigenvalue weighted by Gasteiger charge is -2.16. The quantitative estimate of drug-likeness (QED) is 0.720. The zero-order valence-electron chi connectivity index (χ0n) is 9.84. The van der Waals surface area contributed by atoms with E-state index in [-0.39, 0.29) is 0 Å². The molecule has 0 fully saturated rings. The Kier molecular flexibility index (Phi) is 5.36. The van der Waals surface area contributed by atoms with Crippen molar-refractivity contribution in [1.29, 1.82) is 0 Å². The van der Waals surface area contributed by atoms with Crippen LogP contribution in [0.15, 0.2) is 6.20 Å². The Hall–Kier alpha value is -0.870. The van der Waals surface area contributed by atoms with Crippen molar-refractivity contribution in [2.75, 3.05) is 13.7 Å². The van der Waals surface area contributed by atoms with E-state index in [4.69, 9.17) is 4.74 Å². The Morgan fingerprint density at radius 1 is 1.60 bits per heavy atom. The maximum absolute atomic E-state index is 5.17. The molecule has 0 amide bonds. The third-order valence-corrected chi connectivity index (χ3v) is 2.52. The highest BCUT2D eigenvalue weighted by Gasteiger charge is 2.07. The van der Waals surface area contributed by atoms with E-state index in [9.17, 15) is 0 Å².